The highest BCUT2D eigenvalue weighted by Gasteiger charge is 2.36. The topological polar surface area (TPSA) is 70.5 Å². The van der Waals surface area contributed by atoms with Crippen molar-refractivity contribution in [1.82, 2.24) is 24.9 Å². The van der Waals surface area contributed by atoms with Crippen molar-refractivity contribution in [2.24, 2.45) is 0 Å². The van der Waals surface area contributed by atoms with Crippen LogP contribution in [0.1, 0.15) is 36.7 Å². The molecule has 1 N–H and O–H groups in total. The minimum atomic E-state index is -0.403. The average molecular weight is 319 g/mol. The fourth-order valence-electron chi connectivity index (χ4n) is 3.37. The lowest BCUT2D eigenvalue weighted by atomic mass is 10.1. The monoisotopic (exact) mass is 319 g/mol. The van der Waals surface area contributed by atoms with Crippen LogP contribution in [0, 0.1) is 0 Å². The van der Waals surface area contributed by atoms with Gasteiger partial charge in [-0.05, 0) is 25.3 Å². The third-order valence-corrected chi connectivity index (χ3v) is 4.58. The van der Waals surface area contributed by atoms with Crippen LogP contribution in [0.3, 0.4) is 0 Å². The molecule has 7 heteroatoms. The number of nitrogens with zero attached hydrogens (tertiary/aromatic N) is 4. The van der Waals surface area contributed by atoms with E-state index in [9.17, 15) is 9.59 Å². The van der Waals surface area contributed by atoms with Crippen molar-refractivity contribution in [3.05, 3.63) is 18.0 Å². The van der Waals surface area contributed by atoms with Gasteiger partial charge in [0, 0.05) is 45.5 Å². The molecule has 2 fully saturated rings. The Balaban J connectivity index is 1.78. The van der Waals surface area contributed by atoms with E-state index in [1.807, 2.05) is 4.90 Å². The standard InChI is InChI=1S/C16H25N5O2/c1-2-8-21-13(5-6-18-21)16(23)20-11-7-17-12-14(20)15(22)19-9-3-4-10-19/h5-6,14,17H,2-4,7-12H2,1H3. The second-order valence-electron chi connectivity index (χ2n) is 6.19. The molecule has 2 aliphatic rings. The van der Waals surface area contributed by atoms with Gasteiger partial charge in [-0.3, -0.25) is 14.3 Å². The molecule has 1 atom stereocenters. The van der Waals surface area contributed by atoms with Crippen molar-refractivity contribution in [1.29, 1.82) is 0 Å². The van der Waals surface area contributed by atoms with Gasteiger partial charge in [0.1, 0.15) is 11.7 Å². The summed E-state index contributed by atoms with van der Waals surface area (Å²) in [5.74, 6) is -0.0143. The van der Waals surface area contributed by atoms with Crippen LogP contribution in [0.5, 0.6) is 0 Å². The van der Waals surface area contributed by atoms with Crippen molar-refractivity contribution < 1.29 is 9.59 Å². The Kier molecular flexibility index (Phi) is 4.95. The van der Waals surface area contributed by atoms with E-state index in [0.29, 0.717) is 25.3 Å². The maximum atomic E-state index is 13.0. The Bertz CT molecular complexity index is 565. The summed E-state index contributed by atoms with van der Waals surface area (Å²) in [6.45, 7) is 6.20. The first kappa shape index (κ1) is 16.0. The van der Waals surface area contributed by atoms with Crippen LogP contribution in [0.2, 0.25) is 0 Å². The molecule has 2 amide bonds. The molecule has 0 spiro atoms. The molecular weight excluding hydrogens is 294 g/mol. The normalized spacial score (nSPS) is 21.7. The SMILES string of the molecule is CCCn1nccc1C(=O)N1CCNCC1C(=O)N1CCCC1. The first-order chi connectivity index (χ1) is 11.2. The highest BCUT2D eigenvalue weighted by atomic mass is 16.2. The van der Waals surface area contributed by atoms with E-state index in [1.165, 1.54) is 0 Å². The van der Waals surface area contributed by atoms with Gasteiger partial charge in [-0.2, -0.15) is 5.10 Å². The average Bonchev–Trinajstić information content (AvgIpc) is 3.25. The molecule has 0 saturated carbocycles. The summed E-state index contributed by atoms with van der Waals surface area (Å²) in [7, 11) is 0. The van der Waals surface area contributed by atoms with Gasteiger partial charge in [0.15, 0.2) is 0 Å². The van der Waals surface area contributed by atoms with Crippen LogP contribution in [0.15, 0.2) is 12.3 Å². The van der Waals surface area contributed by atoms with Gasteiger partial charge in [-0.15, -0.1) is 0 Å². The number of hydrogen-bond donors (Lipinski definition) is 1. The Morgan fingerprint density at radius 2 is 2.09 bits per heavy atom. The summed E-state index contributed by atoms with van der Waals surface area (Å²) in [5.41, 5.74) is 0.577. The van der Waals surface area contributed by atoms with Crippen LogP contribution in [-0.2, 0) is 11.3 Å². The van der Waals surface area contributed by atoms with Gasteiger partial charge in [-0.1, -0.05) is 6.92 Å². The number of amides is 2. The molecule has 23 heavy (non-hydrogen) atoms. The van der Waals surface area contributed by atoms with E-state index < -0.39 is 6.04 Å². The molecule has 3 heterocycles. The Morgan fingerprint density at radius 1 is 1.30 bits per heavy atom. The Labute approximate surface area is 136 Å². The van der Waals surface area contributed by atoms with Crippen molar-refractivity contribution in [2.45, 2.75) is 38.8 Å². The quantitative estimate of drug-likeness (QED) is 0.868. The fraction of sp³-hybridized carbons (Fsp3) is 0.688. The van der Waals surface area contributed by atoms with E-state index in [2.05, 4.69) is 17.3 Å². The zero-order chi connectivity index (χ0) is 16.2. The molecular formula is C16H25N5O2. The van der Waals surface area contributed by atoms with E-state index in [0.717, 1.165) is 38.9 Å². The zero-order valence-corrected chi connectivity index (χ0v) is 13.7. The van der Waals surface area contributed by atoms with Gasteiger partial charge in [0.05, 0.1) is 0 Å². The summed E-state index contributed by atoms with van der Waals surface area (Å²) in [6.07, 6.45) is 4.69. The third-order valence-electron chi connectivity index (χ3n) is 4.58. The van der Waals surface area contributed by atoms with Crippen molar-refractivity contribution in [3.63, 3.8) is 0 Å². The minimum Gasteiger partial charge on any atom is -0.341 e. The number of carbonyl (C=O) groups is 2. The van der Waals surface area contributed by atoms with Crippen molar-refractivity contribution in [2.75, 3.05) is 32.7 Å². The van der Waals surface area contributed by atoms with E-state index in [1.54, 1.807) is 21.8 Å². The van der Waals surface area contributed by atoms with Gasteiger partial charge >= 0.3 is 0 Å². The summed E-state index contributed by atoms with van der Waals surface area (Å²) >= 11 is 0. The number of nitrogens with one attached hydrogen (secondary N) is 1. The number of aryl methyl sites for hydroxylation is 1. The minimum absolute atomic E-state index is 0.0737. The number of likely N-dealkylation sites (tertiary alicyclic amines) is 1. The highest BCUT2D eigenvalue weighted by molar-refractivity contribution is 5.96. The second kappa shape index (κ2) is 7.12. The third kappa shape index (κ3) is 3.24. The van der Waals surface area contributed by atoms with Crippen LogP contribution in [0.25, 0.3) is 0 Å². The number of carbonyl (C=O) groups excluding carboxylic acids is 2. The molecule has 0 radical (unpaired) electrons. The fourth-order valence-corrected chi connectivity index (χ4v) is 3.37. The molecule has 2 saturated heterocycles. The summed E-state index contributed by atoms with van der Waals surface area (Å²) in [4.78, 5) is 29.3. The molecule has 1 aromatic heterocycles. The first-order valence-corrected chi connectivity index (χ1v) is 8.54. The molecule has 1 aromatic rings. The molecule has 0 aliphatic carbocycles. The van der Waals surface area contributed by atoms with Crippen LogP contribution in [0.4, 0.5) is 0 Å². The summed E-state index contributed by atoms with van der Waals surface area (Å²) in [6, 6.07) is 1.34. The lowest BCUT2D eigenvalue weighted by Gasteiger charge is -2.37. The lowest BCUT2D eigenvalue weighted by molar-refractivity contribution is -0.135. The van der Waals surface area contributed by atoms with Crippen molar-refractivity contribution in [3.8, 4) is 0 Å². The second-order valence-corrected chi connectivity index (χ2v) is 6.19. The van der Waals surface area contributed by atoms with E-state index in [-0.39, 0.29) is 11.8 Å². The van der Waals surface area contributed by atoms with Crippen LogP contribution in [-0.4, -0.2) is 70.2 Å². The number of rotatable bonds is 4. The number of piperazine rings is 1. The lowest BCUT2D eigenvalue weighted by Crippen LogP contribution is -2.60. The molecule has 1 unspecified atom stereocenters. The smallest absolute Gasteiger partial charge is 0.272 e. The highest BCUT2D eigenvalue weighted by Crippen LogP contribution is 2.16. The van der Waals surface area contributed by atoms with E-state index in [4.69, 9.17) is 0 Å². The van der Waals surface area contributed by atoms with Gasteiger partial charge in [0.2, 0.25) is 5.91 Å². The first-order valence-electron chi connectivity index (χ1n) is 8.54. The molecule has 0 bridgehead atoms. The maximum absolute atomic E-state index is 13.0. The van der Waals surface area contributed by atoms with Crippen LogP contribution >= 0.6 is 0 Å². The van der Waals surface area contributed by atoms with Gasteiger partial charge < -0.3 is 15.1 Å². The Morgan fingerprint density at radius 3 is 2.83 bits per heavy atom. The number of aromatic nitrogens is 2. The predicted molar refractivity (Wildman–Crippen MR) is 86.0 cm³/mol. The van der Waals surface area contributed by atoms with Gasteiger partial charge in [-0.25, -0.2) is 0 Å². The van der Waals surface area contributed by atoms with Crippen LogP contribution < -0.4 is 5.32 Å². The molecule has 0 aromatic carbocycles. The summed E-state index contributed by atoms with van der Waals surface area (Å²) in [5, 5.41) is 7.47. The molecule has 2 aliphatic heterocycles. The Hall–Kier alpha value is -1.89. The number of hydrogen-bond acceptors (Lipinski definition) is 4. The molecule has 126 valence electrons. The molecule has 3 rings (SSSR count). The largest absolute Gasteiger partial charge is 0.341 e. The van der Waals surface area contributed by atoms with E-state index >= 15 is 0 Å². The summed E-state index contributed by atoms with van der Waals surface area (Å²) < 4.78 is 1.74. The predicted octanol–water partition coefficient (Wildman–Crippen LogP) is 0.330. The zero-order valence-electron chi connectivity index (χ0n) is 13.7. The maximum Gasteiger partial charge on any atom is 0.272 e. The molecule has 7 nitrogen and oxygen atoms in total. The van der Waals surface area contributed by atoms with Crippen molar-refractivity contribution >= 4 is 11.8 Å². The van der Waals surface area contributed by atoms with Gasteiger partial charge in [0.25, 0.3) is 5.91 Å².